The van der Waals surface area contributed by atoms with E-state index in [-0.39, 0.29) is 24.0 Å². The molecule has 2 N–H and O–H groups in total. The van der Waals surface area contributed by atoms with Crippen molar-refractivity contribution in [3.63, 3.8) is 0 Å². The summed E-state index contributed by atoms with van der Waals surface area (Å²) in [6.07, 6.45) is 2.48. The maximum absolute atomic E-state index is 4.34. The van der Waals surface area contributed by atoms with Crippen LogP contribution in [0.3, 0.4) is 0 Å². The molecular weight excluding hydrogens is 385 g/mol. The predicted octanol–water partition coefficient (Wildman–Crippen LogP) is 3.86. The zero-order chi connectivity index (χ0) is 15.0. The van der Waals surface area contributed by atoms with Crippen LogP contribution in [0.4, 0.5) is 0 Å². The third-order valence-electron chi connectivity index (χ3n) is 4.80. The Morgan fingerprint density at radius 2 is 1.68 bits per heavy atom. The van der Waals surface area contributed by atoms with Gasteiger partial charge in [-0.3, -0.25) is 4.99 Å². The highest BCUT2D eigenvalue weighted by Crippen LogP contribution is 2.41. The van der Waals surface area contributed by atoms with Crippen LogP contribution in [-0.4, -0.2) is 25.1 Å². The van der Waals surface area contributed by atoms with Gasteiger partial charge in [-0.1, -0.05) is 45.0 Å². The molecule has 2 aliphatic carbocycles. The summed E-state index contributed by atoms with van der Waals surface area (Å²) in [5.41, 5.74) is 2.87. The maximum Gasteiger partial charge on any atom is 0.191 e. The molecule has 4 unspecified atom stereocenters. The molecule has 1 aromatic carbocycles. The Hall–Kier alpha value is -0.780. The van der Waals surface area contributed by atoms with E-state index >= 15 is 0 Å². The van der Waals surface area contributed by atoms with Gasteiger partial charge in [0.15, 0.2) is 5.96 Å². The molecule has 4 atom stereocenters. The van der Waals surface area contributed by atoms with E-state index < -0.39 is 0 Å². The molecule has 0 saturated heterocycles. The van der Waals surface area contributed by atoms with E-state index in [0.717, 1.165) is 11.9 Å². The van der Waals surface area contributed by atoms with Gasteiger partial charge < -0.3 is 10.6 Å². The first kappa shape index (κ1) is 17.6. The molecule has 0 spiro atoms. The van der Waals surface area contributed by atoms with E-state index in [4.69, 9.17) is 0 Å². The lowest BCUT2D eigenvalue weighted by atomic mass is 10.0. The van der Waals surface area contributed by atoms with Crippen LogP contribution in [0.25, 0.3) is 0 Å². The van der Waals surface area contributed by atoms with Gasteiger partial charge in [0.05, 0.1) is 0 Å². The number of nitrogens with one attached hydrogen (secondary N) is 2. The van der Waals surface area contributed by atoms with Gasteiger partial charge in [0.2, 0.25) is 0 Å². The van der Waals surface area contributed by atoms with Crippen molar-refractivity contribution in [2.45, 2.75) is 57.5 Å². The lowest BCUT2D eigenvalue weighted by Crippen LogP contribution is -2.40. The second-order valence-electron chi connectivity index (χ2n) is 6.95. The fraction of sp³-hybridized carbons (Fsp3) is 0.611. The molecule has 22 heavy (non-hydrogen) atoms. The fourth-order valence-electron chi connectivity index (χ4n) is 2.90. The van der Waals surface area contributed by atoms with Crippen molar-refractivity contribution < 1.29 is 0 Å². The van der Waals surface area contributed by atoms with Gasteiger partial charge in [-0.05, 0) is 35.8 Å². The van der Waals surface area contributed by atoms with E-state index in [1.807, 2.05) is 7.05 Å². The van der Waals surface area contributed by atoms with Crippen LogP contribution in [0.15, 0.2) is 29.3 Å². The van der Waals surface area contributed by atoms with Crippen molar-refractivity contribution in [1.82, 2.24) is 10.6 Å². The third-order valence-corrected chi connectivity index (χ3v) is 4.80. The normalized spacial score (nSPS) is 29.8. The Balaban J connectivity index is 0.00000176. The zero-order valence-electron chi connectivity index (χ0n) is 14.0. The van der Waals surface area contributed by atoms with E-state index in [1.54, 1.807) is 0 Å². The average molecular weight is 413 g/mol. The summed E-state index contributed by atoms with van der Waals surface area (Å²) in [7, 11) is 1.86. The molecule has 2 aliphatic rings. The number of rotatable bonds is 4. The van der Waals surface area contributed by atoms with Gasteiger partial charge in [0, 0.05) is 25.0 Å². The van der Waals surface area contributed by atoms with Gasteiger partial charge in [0.25, 0.3) is 0 Å². The van der Waals surface area contributed by atoms with Crippen LogP contribution in [0, 0.1) is 5.92 Å². The highest BCUT2D eigenvalue weighted by atomic mass is 127. The Bertz CT molecular complexity index is 524. The SMILES string of the molecule is CN=C(NC1CC1C)NC1CC1c1ccc(C(C)C)cc1.I. The minimum absolute atomic E-state index is 0. The predicted molar refractivity (Wildman–Crippen MR) is 104 cm³/mol. The summed E-state index contributed by atoms with van der Waals surface area (Å²) in [6, 6.07) is 10.3. The standard InChI is InChI=1S/C18H27N3.HI/c1-11(2)13-5-7-14(8-6-13)15-10-17(15)21-18(19-4)20-16-9-12(16)3;/h5-8,11-12,15-17H,9-10H2,1-4H3,(H2,19,20,21);1H. The molecule has 0 heterocycles. The van der Waals surface area contributed by atoms with Crippen LogP contribution in [0.1, 0.15) is 56.6 Å². The van der Waals surface area contributed by atoms with Crippen LogP contribution in [-0.2, 0) is 0 Å². The smallest absolute Gasteiger partial charge is 0.191 e. The van der Waals surface area contributed by atoms with Gasteiger partial charge in [0.1, 0.15) is 0 Å². The summed E-state index contributed by atoms with van der Waals surface area (Å²) in [5.74, 6) is 3.01. The second kappa shape index (κ2) is 7.20. The van der Waals surface area contributed by atoms with Gasteiger partial charge in [-0.2, -0.15) is 0 Å². The van der Waals surface area contributed by atoms with Gasteiger partial charge in [-0.25, -0.2) is 0 Å². The van der Waals surface area contributed by atoms with Crippen molar-refractivity contribution in [2.24, 2.45) is 10.9 Å². The first-order chi connectivity index (χ1) is 10.1. The number of benzene rings is 1. The second-order valence-corrected chi connectivity index (χ2v) is 6.95. The number of halogens is 1. The monoisotopic (exact) mass is 413 g/mol. The first-order valence-corrected chi connectivity index (χ1v) is 8.18. The summed E-state index contributed by atoms with van der Waals surface area (Å²) >= 11 is 0. The van der Waals surface area contributed by atoms with Crippen LogP contribution < -0.4 is 10.6 Å². The first-order valence-electron chi connectivity index (χ1n) is 8.18. The minimum Gasteiger partial charge on any atom is -0.353 e. The number of guanidine groups is 1. The van der Waals surface area contributed by atoms with Crippen molar-refractivity contribution in [2.75, 3.05) is 7.05 Å². The summed E-state index contributed by atoms with van der Waals surface area (Å²) < 4.78 is 0. The molecule has 4 heteroatoms. The Morgan fingerprint density at radius 1 is 1.09 bits per heavy atom. The number of nitrogens with zero attached hydrogens (tertiary/aromatic N) is 1. The number of hydrogen-bond acceptors (Lipinski definition) is 1. The molecule has 0 aliphatic heterocycles. The highest BCUT2D eigenvalue weighted by molar-refractivity contribution is 14.0. The van der Waals surface area contributed by atoms with E-state index in [2.05, 4.69) is 60.7 Å². The summed E-state index contributed by atoms with van der Waals surface area (Å²) in [5, 5.41) is 7.05. The molecule has 3 nitrogen and oxygen atoms in total. The largest absolute Gasteiger partial charge is 0.353 e. The molecule has 0 amide bonds. The van der Waals surface area contributed by atoms with Crippen LogP contribution in [0.2, 0.25) is 0 Å². The summed E-state index contributed by atoms with van der Waals surface area (Å²) in [6.45, 7) is 6.76. The molecular formula is C18H28IN3. The van der Waals surface area contributed by atoms with Crippen molar-refractivity contribution >= 4 is 29.9 Å². The van der Waals surface area contributed by atoms with Crippen molar-refractivity contribution in [1.29, 1.82) is 0 Å². The minimum atomic E-state index is 0. The molecule has 0 radical (unpaired) electrons. The quantitative estimate of drug-likeness (QED) is 0.447. The molecule has 2 fully saturated rings. The topological polar surface area (TPSA) is 36.4 Å². The lowest BCUT2D eigenvalue weighted by molar-refractivity contribution is 0.753. The van der Waals surface area contributed by atoms with E-state index in [0.29, 0.717) is 23.9 Å². The third kappa shape index (κ3) is 4.15. The molecule has 0 bridgehead atoms. The van der Waals surface area contributed by atoms with Gasteiger partial charge >= 0.3 is 0 Å². The molecule has 3 rings (SSSR count). The van der Waals surface area contributed by atoms with E-state index in [9.17, 15) is 0 Å². The highest BCUT2D eigenvalue weighted by Gasteiger charge is 2.40. The zero-order valence-corrected chi connectivity index (χ0v) is 16.3. The molecule has 1 aromatic rings. The Kier molecular flexibility index (Phi) is 5.75. The van der Waals surface area contributed by atoms with E-state index in [1.165, 1.54) is 24.0 Å². The maximum atomic E-state index is 4.34. The summed E-state index contributed by atoms with van der Waals surface area (Å²) in [4.78, 5) is 4.34. The van der Waals surface area contributed by atoms with Crippen LogP contribution in [0.5, 0.6) is 0 Å². The molecule has 0 aromatic heterocycles. The number of hydrogen-bond donors (Lipinski definition) is 2. The average Bonchev–Trinajstić information content (AvgIpc) is 3.38. The molecule has 2 saturated carbocycles. The van der Waals surface area contributed by atoms with Crippen LogP contribution >= 0.6 is 24.0 Å². The molecule has 122 valence electrons. The lowest BCUT2D eigenvalue weighted by Gasteiger charge is -2.12. The number of aliphatic imine (C=N–C) groups is 1. The van der Waals surface area contributed by atoms with Crippen molar-refractivity contribution in [3.8, 4) is 0 Å². The van der Waals surface area contributed by atoms with Crippen molar-refractivity contribution in [3.05, 3.63) is 35.4 Å². The Morgan fingerprint density at radius 3 is 2.18 bits per heavy atom. The van der Waals surface area contributed by atoms with Gasteiger partial charge in [-0.15, -0.1) is 24.0 Å². The Labute approximate surface area is 151 Å². The fourth-order valence-corrected chi connectivity index (χ4v) is 2.90.